The lowest BCUT2D eigenvalue weighted by Crippen LogP contribution is -2.68. The molecule has 1 aliphatic heterocycles. The average molecular weight is 574 g/mol. The van der Waals surface area contributed by atoms with Crippen LogP contribution in [0.5, 0.6) is 0 Å². The van der Waals surface area contributed by atoms with Crippen LogP contribution < -0.4 is 0 Å². The number of carbonyl (C=O) groups excluding carboxylic acids is 2. The highest BCUT2D eigenvalue weighted by Crippen LogP contribution is 2.69. The van der Waals surface area contributed by atoms with E-state index in [9.17, 15) is 14.7 Å². The molecular weight excluding hydrogens is 536 g/mol. The molecule has 3 saturated carbocycles. The molecule has 37 heavy (non-hydrogen) atoms. The fourth-order valence-electron chi connectivity index (χ4n) is 9.06. The number of ether oxygens (including phenoxy) is 3. The second-order valence-corrected chi connectivity index (χ2v) is 13.4. The third-order valence-corrected chi connectivity index (χ3v) is 11.4. The Hall–Kier alpha value is -1.38. The van der Waals surface area contributed by atoms with Crippen LogP contribution in [0.4, 0.5) is 0 Å². The van der Waals surface area contributed by atoms with E-state index in [0.29, 0.717) is 25.7 Å². The third kappa shape index (κ3) is 3.71. The van der Waals surface area contributed by atoms with Gasteiger partial charge in [-0.15, -0.1) is 0 Å². The zero-order valence-corrected chi connectivity index (χ0v) is 23.5. The number of rotatable bonds is 3. The number of aliphatic hydroxyl groups excluding tert-OH is 1. The molecule has 1 unspecified atom stereocenters. The van der Waals surface area contributed by atoms with E-state index in [1.807, 2.05) is 30.3 Å². The topological polar surface area (TPSA) is 82.1 Å². The summed E-state index contributed by atoms with van der Waals surface area (Å²) in [6, 6.07) is 7.94. The Bertz CT molecular complexity index is 1150. The van der Waals surface area contributed by atoms with Crippen LogP contribution in [0.2, 0.25) is 0 Å². The monoisotopic (exact) mass is 572 g/mol. The van der Waals surface area contributed by atoms with Gasteiger partial charge in [-0.1, -0.05) is 47.5 Å². The molecule has 200 valence electrons. The van der Waals surface area contributed by atoms with E-state index in [-0.39, 0.29) is 41.3 Å². The lowest BCUT2D eigenvalue weighted by atomic mass is 9.45. The van der Waals surface area contributed by atoms with Crippen molar-refractivity contribution in [3.63, 3.8) is 0 Å². The minimum Gasteiger partial charge on any atom is -0.393 e. The first-order chi connectivity index (χ1) is 17.6. The van der Waals surface area contributed by atoms with Crippen LogP contribution in [0.25, 0.3) is 0 Å². The molecule has 1 aromatic rings. The molecule has 6 rings (SSSR count). The van der Waals surface area contributed by atoms with Crippen LogP contribution in [0.1, 0.15) is 64.4 Å². The van der Waals surface area contributed by atoms with Crippen molar-refractivity contribution in [2.45, 2.75) is 82.9 Å². The molecule has 7 heteroatoms. The summed E-state index contributed by atoms with van der Waals surface area (Å²) < 4.78 is 19.7. The van der Waals surface area contributed by atoms with Crippen molar-refractivity contribution in [1.29, 1.82) is 0 Å². The van der Waals surface area contributed by atoms with Crippen LogP contribution in [-0.4, -0.2) is 48.1 Å². The molecule has 1 aromatic carbocycles. The summed E-state index contributed by atoms with van der Waals surface area (Å²) in [6.45, 7) is 4.35. The number of Topliss-reactive ketones (excluding diaryl/α,β-unsaturated/α-hetero) is 1. The fourth-order valence-corrected chi connectivity index (χ4v) is 9.32. The molecule has 1 heterocycles. The van der Waals surface area contributed by atoms with Crippen molar-refractivity contribution < 1.29 is 28.9 Å². The molecule has 4 fully saturated rings. The predicted octanol–water partition coefficient (Wildman–Crippen LogP) is 5.15. The van der Waals surface area contributed by atoms with Gasteiger partial charge in [0.15, 0.2) is 11.6 Å². The molecule has 0 aromatic heterocycles. The van der Waals surface area contributed by atoms with Crippen molar-refractivity contribution >= 4 is 27.5 Å². The standard InChI is InChI=1S/C30H37BrO6/c1-27-12-10-21(32)14-19(27)6-9-22-23-11-13-29(28(23,2)16-24(33)26(22)27)25(34)17-36-30(35-3,37-29)15-18-4-7-20(31)8-5-18/h4-5,7-8,14,22-24,26,33H,6,9-13,15-17H2,1-3H3/t22-,23-,24-,26+,27-,28-,29-,30?/m1/s1. The van der Waals surface area contributed by atoms with Crippen LogP contribution in [-0.2, 0) is 30.2 Å². The Morgan fingerprint density at radius 2 is 1.86 bits per heavy atom. The number of hydrogen-bond donors (Lipinski definition) is 1. The summed E-state index contributed by atoms with van der Waals surface area (Å²) in [7, 11) is 1.57. The Balaban J connectivity index is 1.34. The Kier molecular flexibility index (Phi) is 6.17. The Morgan fingerprint density at radius 3 is 2.59 bits per heavy atom. The molecule has 5 aliphatic rings. The lowest BCUT2D eigenvalue weighted by Gasteiger charge is -2.62. The van der Waals surface area contributed by atoms with E-state index in [1.165, 1.54) is 5.57 Å². The van der Waals surface area contributed by atoms with Gasteiger partial charge in [0.2, 0.25) is 0 Å². The second-order valence-electron chi connectivity index (χ2n) is 12.4. The molecule has 1 saturated heterocycles. The highest BCUT2D eigenvalue weighted by molar-refractivity contribution is 9.10. The maximum Gasteiger partial charge on any atom is 0.288 e. The molecule has 0 bridgehead atoms. The number of allylic oxidation sites excluding steroid dienone is 1. The zero-order valence-electron chi connectivity index (χ0n) is 21.9. The van der Waals surface area contributed by atoms with Gasteiger partial charge < -0.3 is 19.3 Å². The van der Waals surface area contributed by atoms with E-state index >= 15 is 0 Å². The van der Waals surface area contributed by atoms with E-state index in [2.05, 4.69) is 29.8 Å². The van der Waals surface area contributed by atoms with Crippen LogP contribution >= 0.6 is 15.9 Å². The summed E-state index contributed by atoms with van der Waals surface area (Å²) in [4.78, 5) is 25.9. The van der Waals surface area contributed by atoms with Crippen molar-refractivity contribution in [3.05, 3.63) is 46.0 Å². The normalized spacial score (nSPS) is 45.3. The van der Waals surface area contributed by atoms with Gasteiger partial charge in [-0.3, -0.25) is 9.59 Å². The fraction of sp³-hybridized carbons (Fsp3) is 0.667. The summed E-state index contributed by atoms with van der Waals surface area (Å²) in [6.07, 6.45) is 6.81. The molecule has 4 aliphatic carbocycles. The zero-order chi connectivity index (χ0) is 26.2. The number of hydrogen-bond acceptors (Lipinski definition) is 6. The van der Waals surface area contributed by atoms with Gasteiger partial charge in [-0.05, 0) is 85.5 Å². The van der Waals surface area contributed by atoms with Gasteiger partial charge >= 0.3 is 0 Å². The number of methoxy groups -OCH3 is 1. The minimum absolute atomic E-state index is 0.0440. The highest BCUT2D eigenvalue weighted by atomic mass is 79.9. The lowest BCUT2D eigenvalue weighted by molar-refractivity contribution is -0.423. The molecule has 8 atom stereocenters. The summed E-state index contributed by atoms with van der Waals surface area (Å²) in [5.41, 5.74) is 0.453. The van der Waals surface area contributed by atoms with Gasteiger partial charge in [0, 0.05) is 23.4 Å². The summed E-state index contributed by atoms with van der Waals surface area (Å²) in [5.74, 6) is -0.563. The number of aliphatic hydroxyl groups is 1. The number of halogens is 1. The number of carbonyl (C=O) groups is 2. The maximum absolute atomic E-state index is 13.7. The Morgan fingerprint density at radius 1 is 1.11 bits per heavy atom. The largest absolute Gasteiger partial charge is 0.393 e. The number of ketones is 2. The van der Waals surface area contributed by atoms with Crippen LogP contribution in [0.15, 0.2) is 40.4 Å². The summed E-state index contributed by atoms with van der Waals surface area (Å²) >= 11 is 3.48. The van der Waals surface area contributed by atoms with E-state index in [1.54, 1.807) is 7.11 Å². The average Bonchev–Trinajstić information content (AvgIpc) is 3.15. The van der Waals surface area contributed by atoms with Crippen molar-refractivity contribution in [1.82, 2.24) is 0 Å². The molecule has 0 amide bonds. The van der Waals surface area contributed by atoms with Gasteiger partial charge in [0.05, 0.1) is 12.5 Å². The molecular formula is C30H37BrO6. The molecule has 0 radical (unpaired) electrons. The van der Waals surface area contributed by atoms with E-state index in [0.717, 1.165) is 35.7 Å². The van der Waals surface area contributed by atoms with Crippen molar-refractivity contribution in [3.8, 4) is 0 Å². The van der Waals surface area contributed by atoms with Gasteiger partial charge in [0.1, 0.15) is 12.2 Å². The van der Waals surface area contributed by atoms with Crippen LogP contribution in [0, 0.1) is 28.6 Å². The molecule has 1 spiro atoms. The van der Waals surface area contributed by atoms with E-state index < -0.39 is 23.1 Å². The highest BCUT2D eigenvalue weighted by Gasteiger charge is 2.72. The molecule has 6 nitrogen and oxygen atoms in total. The minimum atomic E-state index is -1.36. The maximum atomic E-state index is 13.7. The number of fused-ring (bicyclic) bond motifs is 6. The van der Waals surface area contributed by atoms with Crippen molar-refractivity contribution in [2.24, 2.45) is 28.6 Å². The second kappa shape index (κ2) is 8.82. The first kappa shape index (κ1) is 25.9. The van der Waals surface area contributed by atoms with Crippen LogP contribution in [0.3, 0.4) is 0 Å². The van der Waals surface area contributed by atoms with Gasteiger partial charge in [0.25, 0.3) is 5.97 Å². The van der Waals surface area contributed by atoms with Crippen molar-refractivity contribution in [2.75, 3.05) is 13.7 Å². The third-order valence-electron chi connectivity index (χ3n) is 10.9. The quantitative estimate of drug-likeness (QED) is 0.539. The molecule has 1 N–H and O–H groups in total. The predicted molar refractivity (Wildman–Crippen MR) is 140 cm³/mol. The SMILES string of the molecule is COC1(Cc2ccc(Br)cc2)OCC(=O)[C@@]2(CC[C@@H]3[C@H]4CCC5=CC(=O)CC[C@@]5(C)[C@@H]4[C@H](O)C[C@]32C)O1. The van der Waals surface area contributed by atoms with Gasteiger partial charge in [-0.25, -0.2) is 0 Å². The first-order valence-electron chi connectivity index (χ1n) is 13.6. The van der Waals surface area contributed by atoms with E-state index in [4.69, 9.17) is 14.2 Å². The smallest absolute Gasteiger partial charge is 0.288 e. The van der Waals surface area contributed by atoms with Gasteiger partial charge in [-0.2, -0.15) is 0 Å². The summed E-state index contributed by atoms with van der Waals surface area (Å²) in [5, 5.41) is 11.8. The number of benzene rings is 1. The Labute approximate surface area is 227 Å². The first-order valence-corrected chi connectivity index (χ1v) is 14.4.